The van der Waals surface area contributed by atoms with Crippen LogP contribution in [0.15, 0.2) is 67.0 Å². The number of hydrogen-bond acceptors (Lipinski definition) is 6. The standard InChI is InChI=1S/C26H27F2N3O5/c1-17(2)36-23(33)26(13-18(3)32,30-25(34)35-16-19-7-5-4-6-8-19)22-11-9-20(10-12-22)21-14-29-31(15-21)24(27)28/h4-12,14-15,17,24H,13,16H2,1-3H3,(H,30,34). The number of halogens is 2. The van der Waals surface area contributed by atoms with Crippen molar-refractivity contribution < 1.29 is 32.6 Å². The first kappa shape index (κ1) is 26.5. The number of alkyl carbamates (subject to hydrolysis) is 1. The third-order valence-corrected chi connectivity index (χ3v) is 5.25. The van der Waals surface area contributed by atoms with Gasteiger partial charge in [0.05, 0.1) is 12.3 Å². The second-order valence-corrected chi connectivity index (χ2v) is 8.49. The lowest BCUT2D eigenvalue weighted by molar-refractivity contribution is -0.157. The van der Waals surface area contributed by atoms with Gasteiger partial charge < -0.3 is 14.8 Å². The Morgan fingerprint density at radius 2 is 1.69 bits per heavy atom. The second kappa shape index (κ2) is 11.6. The van der Waals surface area contributed by atoms with Gasteiger partial charge in [-0.05, 0) is 37.5 Å². The zero-order valence-corrected chi connectivity index (χ0v) is 20.1. The molecule has 0 aliphatic rings. The molecule has 0 aliphatic carbocycles. The molecule has 1 N–H and O–H groups in total. The number of esters is 1. The molecule has 10 heteroatoms. The van der Waals surface area contributed by atoms with Gasteiger partial charge in [-0.3, -0.25) is 4.79 Å². The Bertz CT molecular complexity index is 1200. The monoisotopic (exact) mass is 499 g/mol. The number of nitrogens with one attached hydrogen (secondary N) is 1. The smallest absolute Gasteiger partial charge is 0.408 e. The lowest BCUT2D eigenvalue weighted by atomic mass is 9.84. The van der Waals surface area contributed by atoms with Crippen LogP contribution in [0.5, 0.6) is 0 Å². The summed E-state index contributed by atoms with van der Waals surface area (Å²) in [6, 6.07) is 15.2. The summed E-state index contributed by atoms with van der Waals surface area (Å²) in [4.78, 5) is 38.4. The fourth-order valence-electron chi connectivity index (χ4n) is 3.62. The van der Waals surface area contributed by atoms with Crippen molar-refractivity contribution in [2.75, 3.05) is 0 Å². The van der Waals surface area contributed by atoms with Crippen LogP contribution in [0.3, 0.4) is 0 Å². The van der Waals surface area contributed by atoms with Crippen LogP contribution in [0.1, 0.15) is 44.9 Å². The maximum Gasteiger partial charge on any atom is 0.408 e. The topological polar surface area (TPSA) is 99.5 Å². The SMILES string of the molecule is CC(=O)CC(NC(=O)OCc1ccccc1)(C(=O)OC(C)C)c1ccc(-c2cnn(C(F)F)c2)cc1. The molecule has 0 fully saturated rings. The van der Waals surface area contributed by atoms with Crippen LogP contribution in [0.25, 0.3) is 11.1 Å². The van der Waals surface area contributed by atoms with Crippen molar-refractivity contribution in [3.05, 3.63) is 78.1 Å². The molecule has 8 nitrogen and oxygen atoms in total. The minimum absolute atomic E-state index is 0.0465. The third kappa shape index (κ3) is 6.53. The molecule has 0 spiro atoms. The van der Waals surface area contributed by atoms with E-state index in [1.54, 1.807) is 50.2 Å². The number of Topliss-reactive ketones (excluding diaryl/α,β-unsaturated/α-hetero) is 1. The van der Waals surface area contributed by atoms with E-state index in [1.165, 1.54) is 31.5 Å². The molecular formula is C26H27F2N3O5. The van der Waals surface area contributed by atoms with E-state index < -0.39 is 30.3 Å². The summed E-state index contributed by atoms with van der Waals surface area (Å²) in [7, 11) is 0. The van der Waals surface area contributed by atoms with E-state index in [-0.39, 0.29) is 24.4 Å². The molecule has 190 valence electrons. The summed E-state index contributed by atoms with van der Waals surface area (Å²) >= 11 is 0. The van der Waals surface area contributed by atoms with Crippen molar-refractivity contribution in [3.63, 3.8) is 0 Å². The highest BCUT2D eigenvalue weighted by atomic mass is 19.3. The van der Waals surface area contributed by atoms with Gasteiger partial charge in [0.1, 0.15) is 12.4 Å². The molecule has 1 amide bonds. The fourth-order valence-corrected chi connectivity index (χ4v) is 3.62. The Balaban J connectivity index is 1.94. The number of rotatable bonds is 10. The lowest BCUT2D eigenvalue weighted by Crippen LogP contribution is -2.54. The van der Waals surface area contributed by atoms with Crippen LogP contribution in [0.2, 0.25) is 0 Å². The second-order valence-electron chi connectivity index (χ2n) is 8.49. The summed E-state index contributed by atoms with van der Waals surface area (Å²) in [5.74, 6) is -1.20. The zero-order valence-electron chi connectivity index (χ0n) is 20.1. The van der Waals surface area contributed by atoms with E-state index >= 15 is 0 Å². The average Bonchev–Trinajstić information content (AvgIpc) is 3.33. The first-order valence-corrected chi connectivity index (χ1v) is 11.2. The maximum absolute atomic E-state index is 13.3. The Morgan fingerprint density at radius 3 is 2.25 bits per heavy atom. The molecule has 1 heterocycles. The number of amides is 1. The Morgan fingerprint density at radius 1 is 1.03 bits per heavy atom. The highest BCUT2D eigenvalue weighted by Gasteiger charge is 2.45. The van der Waals surface area contributed by atoms with Crippen molar-refractivity contribution in [1.82, 2.24) is 15.1 Å². The molecule has 0 radical (unpaired) electrons. The minimum Gasteiger partial charge on any atom is -0.461 e. The van der Waals surface area contributed by atoms with Crippen molar-refractivity contribution >= 4 is 17.8 Å². The van der Waals surface area contributed by atoms with Gasteiger partial charge in [0.25, 0.3) is 0 Å². The highest BCUT2D eigenvalue weighted by Crippen LogP contribution is 2.31. The molecule has 0 saturated carbocycles. The summed E-state index contributed by atoms with van der Waals surface area (Å²) in [6.07, 6.45) is 0.653. The zero-order chi connectivity index (χ0) is 26.3. The molecule has 36 heavy (non-hydrogen) atoms. The Kier molecular flexibility index (Phi) is 8.52. The molecular weight excluding hydrogens is 472 g/mol. The van der Waals surface area contributed by atoms with E-state index in [0.717, 1.165) is 5.56 Å². The maximum atomic E-state index is 13.3. The van der Waals surface area contributed by atoms with Crippen molar-refractivity contribution in [3.8, 4) is 11.1 Å². The molecule has 3 rings (SSSR count). The van der Waals surface area contributed by atoms with E-state index in [2.05, 4.69) is 10.4 Å². The number of aromatic nitrogens is 2. The molecule has 0 saturated heterocycles. The number of alkyl halides is 2. The van der Waals surface area contributed by atoms with Crippen LogP contribution in [-0.2, 0) is 31.2 Å². The number of carbonyl (C=O) groups excluding carboxylic acids is 3. The fraction of sp³-hybridized carbons (Fsp3) is 0.308. The largest absolute Gasteiger partial charge is 0.461 e. The van der Waals surface area contributed by atoms with Crippen molar-refractivity contribution in [2.45, 2.75) is 52.0 Å². The van der Waals surface area contributed by atoms with Crippen LogP contribution >= 0.6 is 0 Å². The molecule has 3 aromatic rings. The summed E-state index contributed by atoms with van der Waals surface area (Å²) < 4.78 is 37.0. The van der Waals surface area contributed by atoms with Crippen molar-refractivity contribution in [2.24, 2.45) is 0 Å². The first-order valence-electron chi connectivity index (χ1n) is 11.2. The summed E-state index contributed by atoms with van der Waals surface area (Å²) in [5.41, 5.74) is 0.119. The molecule has 0 aliphatic heterocycles. The number of benzene rings is 2. The summed E-state index contributed by atoms with van der Waals surface area (Å²) in [5, 5.41) is 6.18. The van der Waals surface area contributed by atoms with Gasteiger partial charge in [-0.2, -0.15) is 13.9 Å². The number of hydrogen-bond donors (Lipinski definition) is 1. The molecule has 1 aromatic heterocycles. The normalized spacial score (nSPS) is 12.8. The van der Waals surface area contributed by atoms with Crippen molar-refractivity contribution in [1.29, 1.82) is 0 Å². The van der Waals surface area contributed by atoms with Gasteiger partial charge in [-0.25, -0.2) is 14.3 Å². The molecule has 0 bridgehead atoms. The van der Waals surface area contributed by atoms with Gasteiger partial charge in [0.2, 0.25) is 0 Å². The van der Waals surface area contributed by atoms with E-state index in [9.17, 15) is 23.2 Å². The van der Waals surface area contributed by atoms with Gasteiger partial charge in [0.15, 0.2) is 5.54 Å². The van der Waals surface area contributed by atoms with E-state index in [1.807, 2.05) is 6.07 Å². The van der Waals surface area contributed by atoms with E-state index in [0.29, 0.717) is 15.8 Å². The Labute approximate surface area is 207 Å². The molecule has 1 unspecified atom stereocenters. The van der Waals surface area contributed by atoms with Gasteiger partial charge in [-0.1, -0.05) is 54.6 Å². The van der Waals surface area contributed by atoms with Gasteiger partial charge in [0, 0.05) is 18.2 Å². The number of nitrogens with zero attached hydrogens (tertiary/aromatic N) is 2. The minimum atomic E-state index is -2.78. The van der Waals surface area contributed by atoms with Crippen LogP contribution in [0.4, 0.5) is 13.6 Å². The third-order valence-electron chi connectivity index (χ3n) is 5.25. The average molecular weight is 500 g/mol. The number of ether oxygens (including phenoxy) is 2. The molecule has 1 atom stereocenters. The van der Waals surface area contributed by atoms with Crippen LogP contribution < -0.4 is 5.32 Å². The van der Waals surface area contributed by atoms with Gasteiger partial charge in [-0.15, -0.1) is 0 Å². The number of carbonyl (C=O) groups is 3. The molecule has 2 aromatic carbocycles. The van der Waals surface area contributed by atoms with Gasteiger partial charge >= 0.3 is 18.6 Å². The highest BCUT2D eigenvalue weighted by molar-refractivity contribution is 5.93. The lowest BCUT2D eigenvalue weighted by Gasteiger charge is -2.32. The number of ketones is 1. The quantitative estimate of drug-likeness (QED) is 0.394. The predicted octanol–water partition coefficient (Wildman–Crippen LogP) is 5.00. The predicted molar refractivity (Wildman–Crippen MR) is 127 cm³/mol. The van der Waals surface area contributed by atoms with E-state index in [4.69, 9.17) is 9.47 Å². The Hall–Kier alpha value is -4.08. The van der Waals surface area contributed by atoms with Crippen LogP contribution in [0, 0.1) is 0 Å². The van der Waals surface area contributed by atoms with Crippen LogP contribution in [-0.4, -0.2) is 33.7 Å². The summed E-state index contributed by atoms with van der Waals surface area (Å²) in [6.45, 7) is 1.76. The first-order chi connectivity index (χ1) is 17.1.